The fraction of sp³-hybridized carbons (Fsp3) is 0.571. The number of aromatic nitrogens is 1. The van der Waals surface area contributed by atoms with Crippen LogP contribution in [0.5, 0.6) is 0 Å². The second kappa shape index (κ2) is 8.44. The van der Waals surface area contributed by atoms with E-state index in [4.69, 9.17) is 5.73 Å². The Labute approximate surface area is 181 Å². The lowest BCUT2D eigenvalue weighted by atomic mass is 9.93. The number of hydrogen-bond acceptors (Lipinski definition) is 10. The Kier molecular flexibility index (Phi) is 6.85. The van der Waals surface area contributed by atoms with Crippen LogP contribution in [0.1, 0.15) is 26.0 Å². The lowest BCUT2D eigenvalue weighted by Crippen LogP contribution is -2.76. The summed E-state index contributed by atoms with van der Waals surface area (Å²) in [6.07, 6.45) is -0.457. The van der Waals surface area contributed by atoms with E-state index in [1.807, 2.05) is 0 Å². The number of amides is 2. The van der Waals surface area contributed by atoms with Crippen molar-refractivity contribution in [2.24, 2.45) is 0 Å². The van der Waals surface area contributed by atoms with Crippen molar-refractivity contribution < 1.29 is 46.4 Å². The molecule has 0 bridgehead atoms. The number of esters is 1. The van der Waals surface area contributed by atoms with Crippen molar-refractivity contribution in [2.75, 3.05) is 19.4 Å². The minimum Gasteiger partial charge on any atom is -0.467 e. The number of hydrogen-bond donors (Lipinski definition) is 4. The summed E-state index contributed by atoms with van der Waals surface area (Å²) in [5, 5.41) is -1.42. The first-order valence-corrected chi connectivity index (χ1v) is 12.5. The number of methoxy groups -OCH3 is 1. The third-order valence-corrected chi connectivity index (χ3v) is 8.27. The first-order valence-electron chi connectivity index (χ1n) is 8.65. The zero-order chi connectivity index (χ0) is 23.9. The Morgan fingerprint density at radius 1 is 1.42 bits per heavy atom. The van der Waals surface area contributed by atoms with Crippen LogP contribution in [0.2, 0.25) is 0 Å². The van der Waals surface area contributed by atoms with E-state index in [0.29, 0.717) is 4.90 Å². The van der Waals surface area contributed by atoms with Crippen LogP contribution in [0, 0.1) is 0 Å². The molecular formula is C14H21N4O10PS2. The van der Waals surface area contributed by atoms with Gasteiger partial charge in [-0.25, -0.2) is 9.78 Å². The minimum absolute atomic E-state index is 0.0677. The van der Waals surface area contributed by atoms with Crippen LogP contribution in [0.25, 0.3) is 0 Å². The van der Waals surface area contributed by atoms with Crippen LogP contribution < -0.4 is 5.73 Å². The SMILES string of the molecule is CCN(C(=O)C(CC)(c1csc(N)n1)P(=O)(O)O)C1C(=O)N(S(=O)(=O)O)C1C(=O)OC. The van der Waals surface area contributed by atoms with Gasteiger partial charge in [-0.15, -0.1) is 11.3 Å². The average Bonchev–Trinajstić information content (AvgIpc) is 3.07. The lowest BCUT2D eigenvalue weighted by Gasteiger charge is -2.48. The molecule has 2 heterocycles. The van der Waals surface area contributed by atoms with Gasteiger partial charge in [0.2, 0.25) is 5.91 Å². The van der Waals surface area contributed by atoms with Gasteiger partial charge in [0.25, 0.3) is 5.91 Å². The maximum absolute atomic E-state index is 13.5. The van der Waals surface area contributed by atoms with Crippen LogP contribution >= 0.6 is 18.9 Å². The predicted octanol–water partition coefficient (Wildman–Crippen LogP) is -1.09. The molecule has 5 N–H and O–H groups in total. The molecule has 31 heavy (non-hydrogen) atoms. The van der Waals surface area contributed by atoms with Gasteiger partial charge >= 0.3 is 23.9 Å². The Morgan fingerprint density at radius 3 is 2.35 bits per heavy atom. The zero-order valence-electron chi connectivity index (χ0n) is 16.5. The molecule has 1 aliphatic rings. The molecule has 2 amide bonds. The largest absolute Gasteiger partial charge is 0.467 e. The first kappa shape index (κ1) is 25.2. The zero-order valence-corrected chi connectivity index (χ0v) is 19.1. The topological polar surface area (TPSA) is 218 Å². The monoisotopic (exact) mass is 500 g/mol. The van der Waals surface area contributed by atoms with Gasteiger partial charge in [-0.1, -0.05) is 6.92 Å². The van der Waals surface area contributed by atoms with Gasteiger partial charge in [0.1, 0.15) is 6.04 Å². The maximum Gasteiger partial charge on any atom is 0.363 e. The molecule has 2 rings (SSSR count). The quantitative estimate of drug-likeness (QED) is 0.145. The van der Waals surface area contributed by atoms with E-state index < -0.39 is 59.3 Å². The number of nitrogens with two attached hydrogens (primary N) is 1. The lowest BCUT2D eigenvalue weighted by molar-refractivity contribution is -0.171. The summed E-state index contributed by atoms with van der Waals surface area (Å²) in [6, 6.07) is -3.73. The van der Waals surface area contributed by atoms with Crippen molar-refractivity contribution in [3.63, 3.8) is 0 Å². The van der Waals surface area contributed by atoms with Gasteiger partial charge in [-0.3, -0.25) is 18.7 Å². The number of nitrogen functional groups attached to an aromatic ring is 1. The normalized spacial score (nSPS) is 21.2. The second-order valence-electron chi connectivity index (χ2n) is 6.44. The first-order chi connectivity index (χ1) is 14.2. The van der Waals surface area contributed by atoms with Crippen molar-refractivity contribution >= 4 is 52.2 Å². The Hall–Kier alpha value is -2.10. The summed E-state index contributed by atoms with van der Waals surface area (Å²) in [6.45, 7) is 2.32. The van der Waals surface area contributed by atoms with Crippen molar-refractivity contribution in [3.05, 3.63) is 11.1 Å². The molecule has 3 unspecified atom stereocenters. The molecule has 1 aromatic heterocycles. The molecule has 0 saturated carbocycles. The maximum atomic E-state index is 13.5. The summed E-state index contributed by atoms with van der Waals surface area (Å²) in [5.41, 5.74) is 5.23. The Morgan fingerprint density at radius 2 is 2.00 bits per heavy atom. The van der Waals surface area contributed by atoms with Gasteiger partial charge in [0, 0.05) is 11.9 Å². The highest BCUT2D eigenvalue weighted by molar-refractivity contribution is 7.84. The summed E-state index contributed by atoms with van der Waals surface area (Å²) in [4.78, 5) is 62.9. The third-order valence-electron chi connectivity index (χ3n) is 4.96. The Balaban J connectivity index is 2.64. The van der Waals surface area contributed by atoms with Crippen molar-refractivity contribution in [2.45, 2.75) is 37.5 Å². The van der Waals surface area contributed by atoms with E-state index in [9.17, 15) is 41.7 Å². The summed E-state index contributed by atoms with van der Waals surface area (Å²) < 4.78 is 49.1. The molecular weight excluding hydrogens is 479 g/mol. The number of likely N-dealkylation sites (N-methyl/N-ethyl adjacent to an activating group) is 1. The number of ether oxygens (including phenoxy) is 1. The van der Waals surface area contributed by atoms with E-state index in [1.54, 1.807) is 0 Å². The molecule has 1 aromatic rings. The average molecular weight is 500 g/mol. The molecule has 17 heteroatoms. The number of nitrogens with zero attached hydrogens (tertiary/aromatic N) is 3. The summed E-state index contributed by atoms with van der Waals surface area (Å²) in [5.74, 6) is -3.87. The molecule has 3 atom stereocenters. The predicted molar refractivity (Wildman–Crippen MR) is 106 cm³/mol. The van der Waals surface area contributed by atoms with E-state index in [-0.39, 0.29) is 21.7 Å². The molecule has 174 valence electrons. The summed E-state index contributed by atoms with van der Waals surface area (Å²) in [7, 11) is -9.57. The fourth-order valence-electron chi connectivity index (χ4n) is 3.46. The number of β-lactam (4-membered cyclic amide) rings is 1. The number of anilines is 1. The standard InChI is InChI=1S/C14H21N4O10PS2/c1-4-14(29(22,23)24,7-6-30-13(15)16-7)12(21)17(5-2)8-9(11(20)28-3)18(10(8)19)31(25,26)27/h6,8-9H,4-5H2,1-3H3,(H2,15,16)(H2,22,23,24)(H,25,26,27). The number of carbonyl (C=O) groups excluding carboxylic acids is 3. The fourth-order valence-corrected chi connectivity index (χ4v) is 6.21. The molecule has 0 radical (unpaired) electrons. The second-order valence-corrected chi connectivity index (χ2v) is 10.5. The van der Waals surface area contributed by atoms with Crippen LogP contribution in [0.15, 0.2) is 5.38 Å². The van der Waals surface area contributed by atoms with E-state index >= 15 is 0 Å². The third kappa shape index (κ3) is 3.94. The molecule has 1 fully saturated rings. The molecule has 1 aliphatic heterocycles. The highest BCUT2D eigenvalue weighted by Gasteiger charge is 2.64. The van der Waals surface area contributed by atoms with Crippen LogP contribution in [-0.4, -0.2) is 80.5 Å². The van der Waals surface area contributed by atoms with Gasteiger partial charge in [0.05, 0.1) is 12.8 Å². The molecule has 0 aromatic carbocycles. The van der Waals surface area contributed by atoms with Crippen molar-refractivity contribution in [1.82, 2.24) is 14.2 Å². The van der Waals surface area contributed by atoms with Crippen molar-refractivity contribution in [1.29, 1.82) is 0 Å². The van der Waals surface area contributed by atoms with Crippen LogP contribution in [-0.2, 0) is 39.1 Å². The van der Waals surface area contributed by atoms with Gasteiger partial charge < -0.3 is 25.2 Å². The highest BCUT2D eigenvalue weighted by Crippen LogP contribution is 2.60. The van der Waals surface area contributed by atoms with E-state index in [2.05, 4.69) is 9.72 Å². The van der Waals surface area contributed by atoms with E-state index in [1.165, 1.54) is 19.2 Å². The van der Waals surface area contributed by atoms with Gasteiger partial charge in [-0.2, -0.15) is 12.7 Å². The molecule has 1 saturated heterocycles. The molecule has 0 spiro atoms. The number of thiazole rings is 1. The number of carbonyl (C=O) groups is 3. The smallest absolute Gasteiger partial charge is 0.363 e. The van der Waals surface area contributed by atoms with Crippen molar-refractivity contribution in [3.8, 4) is 0 Å². The minimum atomic E-state index is -5.29. The Bertz CT molecular complexity index is 1050. The highest BCUT2D eigenvalue weighted by atomic mass is 32.2. The molecule has 14 nitrogen and oxygen atoms in total. The van der Waals surface area contributed by atoms with Gasteiger partial charge in [-0.05, 0) is 13.3 Å². The van der Waals surface area contributed by atoms with E-state index in [0.717, 1.165) is 18.4 Å². The van der Waals surface area contributed by atoms with Crippen LogP contribution in [0.3, 0.4) is 0 Å². The van der Waals surface area contributed by atoms with Gasteiger partial charge in [0.15, 0.2) is 16.3 Å². The van der Waals surface area contributed by atoms with Crippen LogP contribution in [0.4, 0.5) is 5.13 Å². The summed E-state index contributed by atoms with van der Waals surface area (Å²) >= 11 is 0.832. The molecule has 0 aliphatic carbocycles. The number of rotatable bonds is 8.